The highest BCUT2D eigenvalue weighted by Gasteiger charge is 2.34. The van der Waals surface area contributed by atoms with Crippen molar-refractivity contribution in [1.82, 2.24) is 14.9 Å². The Kier molecular flexibility index (Phi) is 4.51. The number of allylic oxidation sites excluding steroid dienone is 2. The van der Waals surface area contributed by atoms with E-state index >= 15 is 0 Å². The van der Waals surface area contributed by atoms with Gasteiger partial charge in [-0.25, -0.2) is 15.0 Å². The molecule has 0 radical (unpaired) electrons. The summed E-state index contributed by atoms with van der Waals surface area (Å²) in [7, 11) is 1.14. The van der Waals surface area contributed by atoms with Gasteiger partial charge >= 0.3 is 0 Å². The Labute approximate surface area is 147 Å². The van der Waals surface area contributed by atoms with Crippen LogP contribution in [0.3, 0.4) is 0 Å². The molecule has 2 aliphatic heterocycles. The lowest BCUT2D eigenvalue weighted by molar-refractivity contribution is -0.120. The van der Waals surface area contributed by atoms with E-state index in [0.717, 1.165) is 33.7 Å². The van der Waals surface area contributed by atoms with E-state index in [1.165, 1.54) is 16.7 Å². The Morgan fingerprint density at radius 2 is 1.88 bits per heavy atom. The fourth-order valence-electron chi connectivity index (χ4n) is 2.43. The number of thioether (sulfide) groups is 1. The molecule has 1 amide bonds. The number of aryl methyl sites for hydroxylation is 2. The fraction of sp³-hybridized carbons (Fsp3) is 0.312. The molecule has 0 aliphatic carbocycles. The van der Waals surface area contributed by atoms with E-state index in [2.05, 4.69) is 15.0 Å². The Morgan fingerprint density at radius 3 is 2.54 bits per heavy atom. The lowest BCUT2D eigenvalue weighted by Crippen LogP contribution is -2.38. The topological polar surface area (TPSA) is 75.5 Å². The van der Waals surface area contributed by atoms with E-state index in [1.54, 1.807) is 0 Å². The number of hydrogen-bond donors (Lipinski definition) is 0. The van der Waals surface area contributed by atoms with Gasteiger partial charge in [-0.05, 0) is 39.8 Å². The molecule has 6 nitrogen and oxygen atoms in total. The zero-order valence-corrected chi connectivity index (χ0v) is 15.4. The maximum atomic E-state index is 12.5. The summed E-state index contributed by atoms with van der Waals surface area (Å²) in [5.74, 6) is -0.393. The highest BCUT2D eigenvalue weighted by molar-refractivity contribution is 8.03. The number of hydrogen-bond acceptors (Lipinski definition) is 6. The van der Waals surface area contributed by atoms with Gasteiger partial charge in [0.25, 0.3) is 5.91 Å². The highest BCUT2D eigenvalue weighted by atomic mass is 32.2. The smallest absolute Gasteiger partial charge is 0.278 e. The first-order chi connectivity index (χ1) is 11.3. The molecule has 0 fully saturated rings. The molecule has 2 aliphatic rings. The maximum Gasteiger partial charge on any atom is 0.278 e. The van der Waals surface area contributed by atoms with Crippen LogP contribution in [0.2, 0.25) is 0 Å². The van der Waals surface area contributed by atoms with Crippen LogP contribution in [0.25, 0.3) is 0 Å². The second-order valence-corrected chi connectivity index (χ2v) is 7.46. The van der Waals surface area contributed by atoms with Gasteiger partial charge in [-0.15, -0.1) is 0 Å². The fourth-order valence-corrected chi connectivity index (χ4v) is 4.40. The van der Waals surface area contributed by atoms with Crippen molar-refractivity contribution in [2.75, 3.05) is 5.75 Å². The van der Waals surface area contributed by atoms with Crippen LogP contribution >= 0.6 is 22.7 Å². The van der Waals surface area contributed by atoms with Crippen molar-refractivity contribution in [1.29, 1.82) is 0 Å². The second-order valence-electron chi connectivity index (χ2n) is 5.54. The number of Topliss-reactive ketones (excluding diaryl/α,β-unsaturated/α-hetero) is 1. The van der Waals surface area contributed by atoms with Crippen LogP contribution in [0.1, 0.15) is 25.2 Å². The SMILES string of the molecule is CC1=CC(C)=NC2=S=C(C(=O)CSc3nc(C)cc(C)n3)C(=O)N12. The van der Waals surface area contributed by atoms with Crippen molar-refractivity contribution in [2.24, 2.45) is 4.99 Å². The highest BCUT2D eigenvalue weighted by Crippen LogP contribution is 2.21. The molecule has 0 bridgehead atoms. The summed E-state index contributed by atoms with van der Waals surface area (Å²) in [6.45, 7) is 7.47. The van der Waals surface area contributed by atoms with Gasteiger partial charge in [0, 0.05) is 22.8 Å². The predicted molar refractivity (Wildman–Crippen MR) is 98.6 cm³/mol. The monoisotopic (exact) mass is 360 g/mol. The first-order valence-electron chi connectivity index (χ1n) is 7.33. The quantitative estimate of drug-likeness (QED) is 0.466. The van der Waals surface area contributed by atoms with E-state index in [-0.39, 0.29) is 22.3 Å². The van der Waals surface area contributed by atoms with E-state index in [1.807, 2.05) is 39.8 Å². The molecular weight excluding hydrogens is 344 g/mol. The Hall–Kier alpha value is -2.06. The summed E-state index contributed by atoms with van der Waals surface area (Å²) in [5, 5.41) is 1.10. The van der Waals surface area contributed by atoms with Crippen molar-refractivity contribution in [3.63, 3.8) is 0 Å². The first kappa shape index (κ1) is 16.8. The van der Waals surface area contributed by atoms with Gasteiger partial charge < -0.3 is 0 Å². The lowest BCUT2D eigenvalue weighted by atomic mass is 10.2. The zero-order chi connectivity index (χ0) is 17.4. The maximum absolute atomic E-state index is 12.5. The molecular formula is C16H16N4O2S2. The number of carbonyl (C=O) groups is 2. The van der Waals surface area contributed by atoms with Crippen LogP contribution in [-0.2, 0) is 9.59 Å². The average Bonchev–Trinajstić information content (AvgIpc) is 2.81. The number of ketones is 1. The van der Waals surface area contributed by atoms with E-state index in [4.69, 9.17) is 0 Å². The zero-order valence-electron chi connectivity index (χ0n) is 13.8. The number of amides is 1. The molecule has 1 aromatic heterocycles. The molecule has 8 heteroatoms. The average molecular weight is 360 g/mol. The largest absolute Gasteiger partial charge is 0.292 e. The Morgan fingerprint density at radius 1 is 1.21 bits per heavy atom. The van der Waals surface area contributed by atoms with Crippen LogP contribution in [0.4, 0.5) is 0 Å². The van der Waals surface area contributed by atoms with Crippen molar-refractivity contribution in [3.05, 3.63) is 29.2 Å². The molecule has 0 saturated carbocycles. The summed E-state index contributed by atoms with van der Waals surface area (Å²) in [6.07, 6.45) is 1.83. The van der Waals surface area contributed by atoms with Crippen molar-refractivity contribution in [2.45, 2.75) is 32.9 Å². The van der Waals surface area contributed by atoms with Crippen LogP contribution in [0.5, 0.6) is 0 Å². The lowest BCUT2D eigenvalue weighted by Gasteiger charge is -2.21. The molecule has 3 heterocycles. The van der Waals surface area contributed by atoms with E-state index < -0.39 is 0 Å². The number of rotatable bonds is 4. The number of aliphatic imine (C=N–C) groups is 1. The van der Waals surface area contributed by atoms with Gasteiger partial charge in [-0.1, -0.05) is 22.7 Å². The van der Waals surface area contributed by atoms with E-state index in [9.17, 15) is 9.59 Å². The predicted octanol–water partition coefficient (Wildman–Crippen LogP) is 1.97. The molecule has 3 rings (SSSR count). The van der Waals surface area contributed by atoms with Gasteiger partial charge in [0.15, 0.2) is 16.1 Å². The number of aromatic nitrogens is 2. The molecule has 0 atom stereocenters. The third kappa shape index (κ3) is 3.25. The van der Waals surface area contributed by atoms with E-state index in [0.29, 0.717) is 10.3 Å². The summed E-state index contributed by atoms with van der Waals surface area (Å²) in [4.78, 5) is 39.6. The molecule has 1 aromatic rings. The minimum atomic E-state index is -0.299. The van der Waals surface area contributed by atoms with Gasteiger partial charge in [-0.3, -0.25) is 14.5 Å². The molecule has 24 heavy (non-hydrogen) atoms. The number of nitrogens with zero attached hydrogens (tertiary/aromatic N) is 4. The van der Waals surface area contributed by atoms with Gasteiger partial charge in [-0.2, -0.15) is 0 Å². The Bertz CT molecular complexity index is 875. The molecule has 0 unspecified atom stereocenters. The molecule has 0 saturated heterocycles. The standard InChI is InChI=1S/C16H16N4O2S2/c1-8-5-9(2)18-15(17-8)23-7-12(21)13-14(22)20-11(4)6-10(3)19-16(20)24-13/h5-6H,7H2,1-4H3. The van der Waals surface area contributed by atoms with Crippen molar-refractivity contribution >= 4 is 50.1 Å². The molecule has 0 aromatic carbocycles. The molecule has 0 N–H and O–H groups in total. The minimum absolute atomic E-state index is 0.129. The summed E-state index contributed by atoms with van der Waals surface area (Å²) < 4.78 is 0. The Balaban J connectivity index is 1.78. The molecule has 124 valence electrons. The third-order valence-electron chi connectivity index (χ3n) is 3.37. The normalized spacial score (nSPS) is 16.7. The summed E-state index contributed by atoms with van der Waals surface area (Å²) >= 11 is 1.24. The van der Waals surface area contributed by atoms with Crippen LogP contribution in [0, 0.1) is 13.8 Å². The third-order valence-corrected chi connectivity index (χ3v) is 5.28. The molecule has 0 spiro atoms. The van der Waals surface area contributed by atoms with Crippen LogP contribution in [0.15, 0.2) is 28.0 Å². The summed E-state index contributed by atoms with van der Waals surface area (Å²) in [5.41, 5.74) is 3.32. The second kappa shape index (κ2) is 6.45. The van der Waals surface area contributed by atoms with Crippen LogP contribution in [-0.4, -0.2) is 48.0 Å². The van der Waals surface area contributed by atoms with Gasteiger partial charge in [0.05, 0.1) is 5.75 Å². The number of carbonyl (C=O) groups excluding carboxylic acids is 2. The first-order valence-corrected chi connectivity index (χ1v) is 9.13. The summed E-state index contributed by atoms with van der Waals surface area (Å²) in [6, 6.07) is 1.88. The number of fused-ring (bicyclic) bond motifs is 1. The minimum Gasteiger partial charge on any atom is -0.292 e. The van der Waals surface area contributed by atoms with Gasteiger partial charge in [0.2, 0.25) is 0 Å². The van der Waals surface area contributed by atoms with Crippen molar-refractivity contribution in [3.8, 4) is 0 Å². The van der Waals surface area contributed by atoms with Crippen LogP contribution < -0.4 is 0 Å². The van der Waals surface area contributed by atoms with Gasteiger partial charge in [0.1, 0.15) is 4.86 Å². The van der Waals surface area contributed by atoms with Crippen molar-refractivity contribution < 1.29 is 9.59 Å².